The van der Waals surface area contributed by atoms with Gasteiger partial charge >= 0.3 is 0 Å². The molecule has 26 heavy (non-hydrogen) atoms. The minimum atomic E-state index is -0.794. The number of likely N-dealkylation sites (tertiary alicyclic amines) is 1. The minimum absolute atomic E-state index is 0.0154. The van der Waals surface area contributed by atoms with Gasteiger partial charge in [-0.3, -0.25) is 4.79 Å². The summed E-state index contributed by atoms with van der Waals surface area (Å²) in [5.41, 5.74) is 0.862. The van der Waals surface area contributed by atoms with Crippen molar-refractivity contribution >= 4 is 5.91 Å². The highest BCUT2D eigenvalue weighted by molar-refractivity contribution is 5.94. The molecule has 1 N–H and O–H groups in total. The smallest absolute Gasteiger partial charge is 0.254 e. The largest absolute Gasteiger partial charge is 0.389 e. The number of ether oxygens (including phenoxy) is 3. The van der Waals surface area contributed by atoms with Crippen LogP contribution in [-0.2, 0) is 20.8 Å². The van der Waals surface area contributed by atoms with E-state index in [-0.39, 0.29) is 23.8 Å². The van der Waals surface area contributed by atoms with E-state index in [4.69, 9.17) is 14.2 Å². The summed E-state index contributed by atoms with van der Waals surface area (Å²) in [6, 6.07) is 7.63. The summed E-state index contributed by atoms with van der Waals surface area (Å²) in [7, 11) is 1.65. The molecule has 3 saturated heterocycles. The molecular formula is C20H27NO5. The van der Waals surface area contributed by atoms with Crippen molar-refractivity contribution < 1.29 is 24.1 Å². The Bertz CT molecular complexity index is 665. The number of hydrogen-bond acceptors (Lipinski definition) is 5. The van der Waals surface area contributed by atoms with Crippen molar-refractivity contribution in [2.75, 3.05) is 40.1 Å². The molecular weight excluding hydrogens is 334 g/mol. The quantitative estimate of drug-likeness (QED) is 0.883. The lowest BCUT2D eigenvalue weighted by Crippen LogP contribution is -2.68. The van der Waals surface area contributed by atoms with Gasteiger partial charge < -0.3 is 24.2 Å². The van der Waals surface area contributed by atoms with Crippen LogP contribution in [0.5, 0.6) is 0 Å². The molecule has 3 fully saturated rings. The molecule has 3 aliphatic heterocycles. The molecule has 1 aromatic carbocycles. The fourth-order valence-corrected chi connectivity index (χ4v) is 4.82. The Morgan fingerprint density at radius 2 is 2.19 bits per heavy atom. The Morgan fingerprint density at radius 1 is 1.35 bits per heavy atom. The predicted molar refractivity (Wildman–Crippen MR) is 94.8 cm³/mol. The number of piperidine rings is 1. The second-order valence-corrected chi connectivity index (χ2v) is 7.64. The number of fused-ring (bicyclic) bond motifs is 3. The lowest BCUT2D eigenvalue weighted by molar-refractivity contribution is -0.212. The Labute approximate surface area is 154 Å². The van der Waals surface area contributed by atoms with Crippen molar-refractivity contribution in [3.05, 3.63) is 35.4 Å². The van der Waals surface area contributed by atoms with Gasteiger partial charge in [0.25, 0.3) is 5.91 Å². The molecule has 0 radical (unpaired) electrons. The molecule has 0 aliphatic carbocycles. The average Bonchev–Trinajstić information content (AvgIpc) is 2.67. The third-order valence-corrected chi connectivity index (χ3v) is 6.20. The second kappa shape index (κ2) is 7.27. The molecule has 1 aromatic rings. The second-order valence-electron chi connectivity index (χ2n) is 7.64. The fourth-order valence-electron chi connectivity index (χ4n) is 4.82. The number of carbonyl (C=O) groups excluding carboxylic acids is 1. The van der Waals surface area contributed by atoms with Gasteiger partial charge in [-0.25, -0.2) is 0 Å². The Morgan fingerprint density at radius 3 is 3.04 bits per heavy atom. The number of rotatable bonds is 3. The molecule has 3 heterocycles. The van der Waals surface area contributed by atoms with Crippen molar-refractivity contribution in [1.29, 1.82) is 0 Å². The van der Waals surface area contributed by atoms with E-state index in [0.717, 1.165) is 12.0 Å². The zero-order valence-corrected chi connectivity index (χ0v) is 15.2. The Balaban J connectivity index is 1.63. The highest BCUT2D eigenvalue weighted by atomic mass is 16.5. The van der Waals surface area contributed by atoms with Crippen molar-refractivity contribution in [2.45, 2.75) is 31.1 Å². The number of carbonyl (C=O) groups is 1. The average molecular weight is 361 g/mol. The van der Waals surface area contributed by atoms with Gasteiger partial charge in [-0.15, -0.1) is 0 Å². The molecule has 142 valence electrons. The van der Waals surface area contributed by atoms with E-state index in [2.05, 4.69) is 0 Å². The van der Waals surface area contributed by atoms with E-state index < -0.39 is 5.60 Å². The van der Waals surface area contributed by atoms with Crippen molar-refractivity contribution in [3.8, 4) is 0 Å². The Kier molecular flexibility index (Phi) is 5.01. The summed E-state index contributed by atoms with van der Waals surface area (Å²) in [4.78, 5) is 15.3. The molecule has 0 aromatic heterocycles. The summed E-state index contributed by atoms with van der Waals surface area (Å²) >= 11 is 0. The van der Waals surface area contributed by atoms with E-state index >= 15 is 0 Å². The fraction of sp³-hybridized carbons (Fsp3) is 0.650. The van der Waals surface area contributed by atoms with Crippen molar-refractivity contribution in [3.63, 3.8) is 0 Å². The number of hydrogen-bond donors (Lipinski definition) is 1. The SMILES string of the molecule is COCc1cccc(C(=O)N2C[C@H]3COCC[C@@]3(O)[C@@H]3COCC[C@@H]32)c1. The molecule has 4 rings (SSSR count). The summed E-state index contributed by atoms with van der Waals surface area (Å²) < 4.78 is 16.5. The molecule has 6 heteroatoms. The lowest BCUT2D eigenvalue weighted by atomic mass is 9.66. The van der Waals surface area contributed by atoms with Crippen LogP contribution in [0.1, 0.15) is 28.8 Å². The zero-order chi connectivity index (χ0) is 18.1. The van der Waals surface area contributed by atoms with Gasteiger partial charge in [0.1, 0.15) is 0 Å². The molecule has 0 saturated carbocycles. The van der Waals surface area contributed by atoms with Crippen LogP contribution in [0.4, 0.5) is 0 Å². The summed E-state index contributed by atoms with van der Waals surface area (Å²) in [5.74, 6) is -0.0946. The lowest BCUT2D eigenvalue weighted by Gasteiger charge is -2.57. The van der Waals surface area contributed by atoms with Gasteiger partial charge in [0, 0.05) is 56.7 Å². The first-order valence-corrected chi connectivity index (χ1v) is 9.40. The minimum Gasteiger partial charge on any atom is -0.389 e. The molecule has 6 nitrogen and oxygen atoms in total. The van der Waals surface area contributed by atoms with Crippen LogP contribution in [0.15, 0.2) is 24.3 Å². The van der Waals surface area contributed by atoms with Crippen LogP contribution in [0.3, 0.4) is 0 Å². The van der Waals surface area contributed by atoms with Gasteiger partial charge in [0.2, 0.25) is 0 Å². The molecule has 0 unspecified atom stereocenters. The molecule has 3 aliphatic rings. The predicted octanol–water partition coefficient (Wildman–Crippen LogP) is 1.46. The molecule has 1 amide bonds. The van der Waals surface area contributed by atoms with Gasteiger partial charge in [-0.05, 0) is 24.1 Å². The Hall–Kier alpha value is -1.47. The van der Waals surface area contributed by atoms with Crippen LogP contribution in [0, 0.1) is 11.8 Å². The van der Waals surface area contributed by atoms with Gasteiger partial charge in [-0.2, -0.15) is 0 Å². The number of nitrogens with zero attached hydrogens (tertiary/aromatic N) is 1. The topological polar surface area (TPSA) is 68.2 Å². The normalized spacial score (nSPS) is 34.1. The van der Waals surface area contributed by atoms with Gasteiger partial charge in [-0.1, -0.05) is 12.1 Å². The standard InChI is InChI=1S/C20H27NO5/c1-24-11-14-3-2-4-15(9-14)19(22)21-10-16-12-26-8-6-20(16,23)17-13-25-7-5-18(17)21/h2-4,9,16-18,23H,5-8,10-13H2,1H3/t16-,17+,18-,20-/m0/s1. The number of methoxy groups -OCH3 is 1. The number of aliphatic hydroxyl groups is 1. The summed E-state index contributed by atoms with van der Waals surface area (Å²) in [5, 5.41) is 11.4. The maximum atomic E-state index is 13.3. The first kappa shape index (κ1) is 17.9. The maximum absolute atomic E-state index is 13.3. The molecule has 4 atom stereocenters. The molecule has 0 spiro atoms. The monoisotopic (exact) mass is 361 g/mol. The van der Waals surface area contributed by atoms with E-state index in [9.17, 15) is 9.90 Å². The summed E-state index contributed by atoms with van der Waals surface area (Å²) in [6.07, 6.45) is 1.39. The van der Waals surface area contributed by atoms with Crippen LogP contribution in [-0.4, -0.2) is 67.6 Å². The highest BCUT2D eigenvalue weighted by Crippen LogP contribution is 2.44. The zero-order valence-electron chi connectivity index (χ0n) is 15.2. The first-order chi connectivity index (χ1) is 12.6. The maximum Gasteiger partial charge on any atom is 0.254 e. The first-order valence-electron chi connectivity index (χ1n) is 9.40. The van der Waals surface area contributed by atoms with Crippen LogP contribution in [0.2, 0.25) is 0 Å². The van der Waals surface area contributed by atoms with E-state index in [0.29, 0.717) is 51.6 Å². The van der Waals surface area contributed by atoms with Gasteiger partial charge in [0.15, 0.2) is 0 Å². The van der Waals surface area contributed by atoms with Gasteiger partial charge in [0.05, 0.1) is 25.4 Å². The van der Waals surface area contributed by atoms with E-state index in [1.165, 1.54) is 0 Å². The van der Waals surface area contributed by atoms with Crippen LogP contribution < -0.4 is 0 Å². The third-order valence-electron chi connectivity index (χ3n) is 6.20. The van der Waals surface area contributed by atoms with Crippen molar-refractivity contribution in [2.24, 2.45) is 11.8 Å². The van der Waals surface area contributed by atoms with Crippen LogP contribution >= 0.6 is 0 Å². The van der Waals surface area contributed by atoms with Crippen molar-refractivity contribution in [1.82, 2.24) is 4.90 Å². The van der Waals surface area contributed by atoms with E-state index in [1.54, 1.807) is 7.11 Å². The van der Waals surface area contributed by atoms with Crippen LogP contribution in [0.25, 0.3) is 0 Å². The van der Waals surface area contributed by atoms with E-state index in [1.807, 2.05) is 29.2 Å². The number of amides is 1. The summed E-state index contributed by atoms with van der Waals surface area (Å²) in [6.45, 7) is 3.22. The molecule has 0 bridgehead atoms. The highest BCUT2D eigenvalue weighted by Gasteiger charge is 2.56. The third kappa shape index (κ3) is 3.05. The number of benzene rings is 1.